The molecule has 0 aliphatic rings. The molecule has 0 aliphatic carbocycles. The first-order valence-electron chi connectivity index (χ1n) is 7.31. The second kappa shape index (κ2) is 13.3. The Morgan fingerprint density at radius 3 is 1.83 bits per heavy atom. The van der Waals surface area contributed by atoms with Gasteiger partial charge in [0.25, 0.3) is 0 Å². The van der Waals surface area contributed by atoms with E-state index in [-0.39, 0.29) is 0 Å². The molecule has 0 aromatic carbocycles. The molecule has 0 rings (SSSR count). The lowest BCUT2D eigenvalue weighted by Crippen LogP contribution is -2.31. The zero-order chi connectivity index (χ0) is 13.6. The number of ether oxygens (including phenoxy) is 1. The zero-order valence-electron chi connectivity index (χ0n) is 11.7. The molecule has 18 heavy (non-hydrogen) atoms. The van der Waals surface area contributed by atoms with E-state index in [0.717, 1.165) is 12.8 Å². The number of rotatable bonds is 13. The molecule has 0 amide bonds. The van der Waals surface area contributed by atoms with Crippen LogP contribution in [0.3, 0.4) is 0 Å². The van der Waals surface area contributed by atoms with Crippen LogP contribution in [0.1, 0.15) is 64.7 Å². The summed E-state index contributed by atoms with van der Waals surface area (Å²) in [7, 11) is 0. The minimum absolute atomic E-state index is 0.439. The normalized spacial score (nSPS) is 14.7. The van der Waals surface area contributed by atoms with E-state index in [4.69, 9.17) is 14.9 Å². The fourth-order valence-electron chi connectivity index (χ4n) is 1.82. The Morgan fingerprint density at radius 2 is 1.33 bits per heavy atom. The lowest BCUT2D eigenvalue weighted by atomic mass is 10.1. The maximum absolute atomic E-state index is 9.21. The smallest absolute Gasteiger partial charge is 0.183 e. The first-order valence-corrected chi connectivity index (χ1v) is 7.31. The molecule has 4 heteroatoms. The molecule has 0 aromatic rings. The van der Waals surface area contributed by atoms with Gasteiger partial charge in [0.15, 0.2) is 6.29 Å². The zero-order valence-corrected chi connectivity index (χ0v) is 11.7. The highest BCUT2D eigenvalue weighted by molar-refractivity contribution is 4.55. The molecule has 0 saturated heterocycles. The van der Waals surface area contributed by atoms with Gasteiger partial charge < -0.3 is 20.1 Å². The van der Waals surface area contributed by atoms with Crippen molar-refractivity contribution >= 4 is 0 Å². The Hall–Kier alpha value is -0.160. The second-order valence-electron chi connectivity index (χ2n) is 4.84. The first kappa shape index (κ1) is 17.8. The minimum Gasteiger partial charge on any atom is -0.393 e. The lowest BCUT2D eigenvalue weighted by molar-refractivity contribution is -0.171. The maximum atomic E-state index is 9.21. The number of hydrogen-bond acceptors (Lipinski definition) is 4. The number of hydrogen-bond donors (Lipinski definition) is 3. The van der Waals surface area contributed by atoms with Crippen molar-refractivity contribution in [3.05, 3.63) is 0 Å². The molecule has 0 aliphatic heterocycles. The molecule has 0 aromatic heterocycles. The van der Waals surface area contributed by atoms with Gasteiger partial charge in [-0.15, -0.1) is 0 Å². The summed E-state index contributed by atoms with van der Waals surface area (Å²) >= 11 is 0. The van der Waals surface area contributed by atoms with E-state index >= 15 is 0 Å². The molecule has 4 nitrogen and oxygen atoms in total. The number of aliphatic hydroxyl groups excluding tert-OH is 3. The van der Waals surface area contributed by atoms with E-state index < -0.39 is 19.0 Å². The highest BCUT2D eigenvalue weighted by Crippen LogP contribution is 2.09. The summed E-state index contributed by atoms with van der Waals surface area (Å²) in [5.74, 6) is 0. The van der Waals surface area contributed by atoms with Gasteiger partial charge in [-0.3, -0.25) is 0 Å². The van der Waals surface area contributed by atoms with Crippen LogP contribution in [0.5, 0.6) is 0 Å². The molecular formula is C14H30O4. The Labute approximate surface area is 111 Å². The van der Waals surface area contributed by atoms with Crippen LogP contribution in [0.4, 0.5) is 0 Å². The average molecular weight is 262 g/mol. The van der Waals surface area contributed by atoms with Crippen LogP contribution in [0.25, 0.3) is 0 Å². The average Bonchev–Trinajstić information content (AvgIpc) is 2.39. The summed E-state index contributed by atoms with van der Waals surface area (Å²) in [6, 6.07) is 0. The van der Waals surface area contributed by atoms with Gasteiger partial charge in [0.05, 0.1) is 6.61 Å². The van der Waals surface area contributed by atoms with E-state index in [1.165, 1.54) is 44.9 Å². The third kappa shape index (κ3) is 11.0. The SMILES string of the molecule is CCCCCCCCCCCOC(O)C(O)CO. The molecule has 110 valence electrons. The molecule has 0 fully saturated rings. The molecule has 2 unspecified atom stereocenters. The van der Waals surface area contributed by atoms with Crippen LogP contribution in [-0.4, -0.2) is 40.9 Å². The number of unbranched alkanes of at least 4 members (excludes halogenated alkanes) is 8. The van der Waals surface area contributed by atoms with Gasteiger partial charge in [0.1, 0.15) is 6.10 Å². The third-order valence-corrected chi connectivity index (χ3v) is 3.05. The van der Waals surface area contributed by atoms with Crippen LogP contribution in [0, 0.1) is 0 Å². The molecule has 0 radical (unpaired) electrons. The molecule has 0 spiro atoms. The van der Waals surface area contributed by atoms with Crippen LogP contribution >= 0.6 is 0 Å². The predicted molar refractivity (Wildman–Crippen MR) is 72.3 cm³/mol. The van der Waals surface area contributed by atoms with E-state index in [2.05, 4.69) is 6.92 Å². The van der Waals surface area contributed by atoms with Crippen molar-refractivity contribution in [1.29, 1.82) is 0 Å². The van der Waals surface area contributed by atoms with Gasteiger partial charge in [-0.25, -0.2) is 0 Å². The highest BCUT2D eigenvalue weighted by Gasteiger charge is 2.14. The summed E-state index contributed by atoms with van der Waals surface area (Å²) in [4.78, 5) is 0. The summed E-state index contributed by atoms with van der Waals surface area (Å²) in [5.41, 5.74) is 0. The third-order valence-electron chi connectivity index (χ3n) is 3.05. The molecule has 0 saturated carbocycles. The Kier molecular flexibility index (Phi) is 13.2. The second-order valence-corrected chi connectivity index (χ2v) is 4.84. The first-order chi connectivity index (χ1) is 8.72. The fraction of sp³-hybridized carbons (Fsp3) is 1.00. The molecular weight excluding hydrogens is 232 g/mol. The summed E-state index contributed by atoms with van der Waals surface area (Å²) in [6.07, 6.45) is 8.65. The standard InChI is InChI=1S/C14H30O4/c1-2-3-4-5-6-7-8-9-10-11-18-14(17)13(16)12-15/h13-17H,2-12H2,1H3. The summed E-state index contributed by atoms with van der Waals surface area (Å²) < 4.78 is 5.00. The Bertz CT molecular complexity index is 164. The van der Waals surface area contributed by atoms with Crippen molar-refractivity contribution in [2.45, 2.75) is 77.1 Å². The highest BCUT2D eigenvalue weighted by atomic mass is 16.6. The maximum Gasteiger partial charge on any atom is 0.183 e. The van der Waals surface area contributed by atoms with Crippen LogP contribution < -0.4 is 0 Å². The summed E-state index contributed by atoms with van der Waals surface area (Å²) in [5, 5.41) is 26.8. The van der Waals surface area contributed by atoms with Crippen molar-refractivity contribution in [3.8, 4) is 0 Å². The fourth-order valence-corrected chi connectivity index (χ4v) is 1.82. The van der Waals surface area contributed by atoms with Crippen molar-refractivity contribution in [1.82, 2.24) is 0 Å². The lowest BCUT2D eigenvalue weighted by Gasteiger charge is -2.15. The van der Waals surface area contributed by atoms with Crippen molar-refractivity contribution in [2.24, 2.45) is 0 Å². The van der Waals surface area contributed by atoms with E-state index in [9.17, 15) is 5.11 Å². The van der Waals surface area contributed by atoms with Gasteiger partial charge in [-0.05, 0) is 6.42 Å². The van der Waals surface area contributed by atoms with E-state index in [1.54, 1.807) is 0 Å². The topological polar surface area (TPSA) is 69.9 Å². The monoisotopic (exact) mass is 262 g/mol. The quantitative estimate of drug-likeness (QED) is 0.351. The molecule has 0 heterocycles. The Balaban J connectivity index is 3.11. The van der Waals surface area contributed by atoms with Crippen molar-refractivity contribution in [3.63, 3.8) is 0 Å². The largest absolute Gasteiger partial charge is 0.393 e. The van der Waals surface area contributed by atoms with Crippen LogP contribution in [0.2, 0.25) is 0 Å². The molecule has 3 N–H and O–H groups in total. The van der Waals surface area contributed by atoms with E-state index in [1.807, 2.05) is 0 Å². The number of aliphatic hydroxyl groups is 3. The van der Waals surface area contributed by atoms with Gasteiger partial charge in [0.2, 0.25) is 0 Å². The van der Waals surface area contributed by atoms with Gasteiger partial charge in [0, 0.05) is 6.61 Å². The minimum atomic E-state index is -1.26. The van der Waals surface area contributed by atoms with Gasteiger partial charge >= 0.3 is 0 Å². The molecule has 0 bridgehead atoms. The van der Waals surface area contributed by atoms with Crippen LogP contribution in [-0.2, 0) is 4.74 Å². The van der Waals surface area contributed by atoms with Gasteiger partial charge in [-0.1, -0.05) is 58.3 Å². The van der Waals surface area contributed by atoms with E-state index in [0.29, 0.717) is 6.61 Å². The van der Waals surface area contributed by atoms with Crippen molar-refractivity contribution < 1.29 is 20.1 Å². The molecule has 2 atom stereocenters. The van der Waals surface area contributed by atoms with Crippen LogP contribution in [0.15, 0.2) is 0 Å². The van der Waals surface area contributed by atoms with Gasteiger partial charge in [-0.2, -0.15) is 0 Å². The summed E-state index contributed by atoms with van der Waals surface area (Å²) in [6.45, 7) is 2.19. The Morgan fingerprint density at radius 1 is 0.833 bits per heavy atom. The van der Waals surface area contributed by atoms with Crippen molar-refractivity contribution in [2.75, 3.05) is 13.2 Å². The predicted octanol–water partition coefficient (Wildman–Crippen LogP) is 2.21.